The number of nitrogens with one attached hydrogen (secondary N) is 2. The molecule has 1 aliphatic rings. The Labute approximate surface area is 164 Å². The molecule has 6 nitrogen and oxygen atoms in total. The van der Waals surface area contributed by atoms with Gasteiger partial charge in [-0.25, -0.2) is 4.98 Å². The lowest BCUT2D eigenvalue weighted by Crippen LogP contribution is -2.45. The molecule has 0 aliphatic carbocycles. The van der Waals surface area contributed by atoms with Crippen molar-refractivity contribution >= 4 is 23.2 Å². The van der Waals surface area contributed by atoms with Crippen LogP contribution < -0.4 is 10.6 Å². The van der Waals surface area contributed by atoms with Gasteiger partial charge in [-0.3, -0.25) is 9.79 Å². The van der Waals surface area contributed by atoms with Crippen molar-refractivity contribution in [2.75, 3.05) is 20.1 Å². The van der Waals surface area contributed by atoms with Gasteiger partial charge in [-0.2, -0.15) is 0 Å². The fourth-order valence-corrected chi connectivity index (χ4v) is 3.93. The Balaban J connectivity index is 1.47. The molecule has 0 bridgehead atoms. The van der Waals surface area contributed by atoms with Crippen molar-refractivity contribution < 1.29 is 4.79 Å². The number of thiazole rings is 1. The van der Waals surface area contributed by atoms with Gasteiger partial charge >= 0.3 is 0 Å². The highest BCUT2D eigenvalue weighted by Gasteiger charge is 2.20. The monoisotopic (exact) mass is 385 g/mol. The van der Waals surface area contributed by atoms with Crippen LogP contribution in [-0.4, -0.2) is 41.9 Å². The van der Waals surface area contributed by atoms with Crippen LogP contribution in [-0.2, 0) is 24.3 Å². The summed E-state index contributed by atoms with van der Waals surface area (Å²) in [6.07, 6.45) is 0.914. The minimum Gasteiger partial charge on any atom is -0.350 e. The van der Waals surface area contributed by atoms with Gasteiger partial charge in [0, 0.05) is 25.5 Å². The van der Waals surface area contributed by atoms with Gasteiger partial charge in [-0.05, 0) is 23.5 Å². The minimum atomic E-state index is 0.0868. The Kier molecular flexibility index (Phi) is 6.45. The van der Waals surface area contributed by atoms with E-state index in [0.717, 1.165) is 23.7 Å². The highest BCUT2D eigenvalue weighted by molar-refractivity contribution is 7.09. The molecule has 7 heteroatoms. The van der Waals surface area contributed by atoms with Gasteiger partial charge in [0.15, 0.2) is 5.96 Å². The first kappa shape index (κ1) is 19.4. The number of aliphatic imine (C=N–C) groups is 1. The van der Waals surface area contributed by atoms with E-state index in [4.69, 9.17) is 0 Å². The topological polar surface area (TPSA) is 69.6 Å². The number of carbonyl (C=O) groups is 1. The van der Waals surface area contributed by atoms with E-state index in [2.05, 4.69) is 58.0 Å². The molecule has 1 aliphatic heterocycles. The average Bonchev–Trinajstić information content (AvgIpc) is 3.17. The van der Waals surface area contributed by atoms with Crippen LogP contribution in [0, 0.1) is 0 Å². The molecular formula is C20H27N5OS. The van der Waals surface area contributed by atoms with Gasteiger partial charge in [-0.1, -0.05) is 38.1 Å². The van der Waals surface area contributed by atoms with E-state index in [0.29, 0.717) is 25.0 Å². The van der Waals surface area contributed by atoms with E-state index in [1.54, 1.807) is 18.4 Å². The molecule has 1 aromatic heterocycles. The maximum Gasteiger partial charge on any atom is 0.242 e. The Hall–Kier alpha value is -2.41. The molecule has 0 spiro atoms. The molecular weight excluding hydrogens is 358 g/mol. The summed E-state index contributed by atoms with van der Waals surface area (Å²) in [6.45, 7) is 6.55. The third-order valence-electron chi connectivity index (χ3n) is 4.68. The summed E-state index contributed by atoms with van der Waals surface area (Å²) in [5.74, 6) is 1.13. The van der Waals surface area contributed by atoms with E-state index in [-0.39, 0.29) is 12.5 Å². The summed E-state index contributed by atoms with van der Waals surface area (Å²) in [4.78, 5) is 23.3. The standard InChI is InChI=1S/C20H27N5OS/c1-14(2)17-13-27-18(24-17)10-22-20(21-3)23-11-19(26)25-9-8-15-6-4-5-7-16(15)12-25/h4-7,13-14H,8-12H2,1-3H3,(H2,21,22,23). The quantitative estimate of drug-likeness (QED) is 0.613. The molecule has 1 amide bonds. The molecule has 0 fully saturated rings. The molecule has 2 aromatic rings. The maximum atomic E-state index is 12.6. The number of amides is 1. The first-order valence-electron chi connectivity index (χ1n) is 9.30. The number of carbonyl (C=O) groups excluding carboxylic acids is 1. The Bertz CT molecular complexity index is 814. The van der Waals surface area contributed by atoms with Crippen molar-refractivity contribution in [2.45, 2.75) is 39.3 Å². The van der Waals surface area contributed by atoms with E-state index in [1.165, 1.54) is 11.1 Å². The van der Waals surface area contributed by atoms with Gasteiger partial charge in [0.05, 0.1) is 18.8 Å². The van der Waals surface area contributed by atoms with Crippen LogP contribution in [0.1, 0.15) is 41.6 Å². The van der Waals surface area contributed by atoms with E-state index >= 15 is 0 Å². The van der Waals surface area contributed by atoms with Gasteiger partial charge in [0.1, 0.15) is 5.01 Å². The third kappa shape index (κ3) is 5.07. The van der Waals surface area contributed by atoms with Crippen LogP contribution in [0.4, 0.5) is 0 Å². The maximum absolute atomic E-state index is 12.6. The van der Waals surface area contributed by atoms with Crippen molar-refractivity contribution in [2.24, 2.45) is 4.99 Å². The van der Waals surface area contributed by atoms with Crippen LogP contribution in [0.5, 0.6) is 0 Å². The summed E-state index contributed by atoms with van der Waals surface area (Å²) in [7, 11) is 1.71. The first-order valence-corrected chi connectivity index (χ1v) is 10.2. The van der Waals surface area contributed by atoms with Crippen LogP contribution in [0.2, 0.25) is 0 Å². The van der Waals surface area contributed by atoms with Crippen molar-refractivity contribution in [3.8, 4) is 0 Å². The minimum absolute atomic E-state index is 0.0868. The number of guanidine groups is 1. The highest BCUT2D eigenvalue weighted by Crippen LogP contribution is 2.18. The highest BCUT2D eigenvalue weighted by atomic mass is 32.1. The smallest absolute Gasteiger partial charge is 0.242 e. The number of nitrogens with zero attached hydrogens (tertiary/aromatic N) is 3. The van der Waals surface area contributed by atoms with Crippen molar-refractivity contribution in [3.63, 3.8) is 0 Å². The molecule has 2 N–H and O–H groups in total. The summed E-state index contributed by atoms with van der Waals surface area (Å²) in [5.41, 5.74) is 3.70. The Morgan fingerprint density at radius 3 is 2.78 bits per heavy atom. The van der Waals surface area contributed by atoms with Crippen LogP contribution in [0.15, 0.2) is 34.6 Å². The lowest BCUT2D eigenvalue weighted by molar-refractivity contribution is -0.130. The molecule has 0 saturated carbocycles. The lowest BCUT2D eigenvalue weighted by atomic mass is 10.00. The second-order valence-electron chi connectivity index (χ2n) is 6.93. The van der Waals surface area contributed by atoms with Crippen LogP contribution >= 0.6 is 11.3 Å². The fraction of sp³-hybridized carbons (Fsp3) is 0.450. The lowest BCUT2D eigenvalue weighted by Gasteiger charge is -2.29. The normalized spacial score (nSPS) is 14.2. The average molecular weight is 386 g/mol. The number of aromatic nitrogens is 1. The molecule has 27 heavy (non-hydrogen) atoms. The second kappa shape index (κ2) is 8.99. The molecule has 0 radical (unpaired) electrons. The zero-order valence-corrected chi connectivity index (χ0v) is 17.0. The Morgan fingerprint density at radius 1 is 1.30 bits per heavy atom. The predicted molar refractivity (Wildman–Crippen MR) is 110 cm³/mol. The summed E-state index contributed by atoms with van der Waals surface area (Å²) in [6, 6.07) is 8.33. The van der Waals surface area contributed by atoms with Crippen molar-refractivity contribution in [1.29, 1.82) is 0 Å². The third-order valence-corrected chi connectivity index (χ3v) is 5.55. The largest absolute Gasteiger partial charge is 0.350 e. The van der Waals surface area contributed by atoms with Crippen molar-refractivity contribution in [1.82, 2.24) is 20.5 Å². The molecule has 0 saturated heterocycles. The SMILES string of the molecule is CN=C(NCC(=O)N1CCc2ccccc2C1)NCc1nc(C(C)C)cs1. The zero-order valence-electron chi connectivity index (χ0n) is 16.2. The number of fused-ring (bicyclic) bond motifs is 1. The summed E-state index contributed by atoms with van der Waals surface area (Å²) in [5, 5.41) is 9.45. The van der Waals surface area contributed by atoms with Crippen molar-refractivity contribution in [3.05, 3.63) is 51.5 Å². The summed E-state index contributed by atoms with van der Waals surface area (Å²) < 4.78 is 0. The number of hydrogen-bond donors (Lipinski definition) is 2. The first-order chi connectivity index (χ1) is 13.1. The molecule has 1 aromatic carbocycles. The molecule has 3 rings (SSSR count). The molecule has 0 atom stereocenters. The van der Waals surface area contributed by atoms with E-state index in [1.807, 2.05) is 11.0 Å². The van der Waals surface area contributed by atoms with Crippen LogP contribution in [0.25, 0.3) is 0 Å². The number of hydrogen-bond acceptors (Lipinski definition) is 4. The van der Waals surface area contributed by atoms with Gasteiger partial charge < -0.3 is 15.5 Å². The fourth-order valence-electron chi connectivity index (χ4n) is 3.03. The molecule has 0 unspecified atom stereocenters. The molecule has 2 heterocycles. The second-order valence-corrected chi connectivity index (χ2v) is 7.88. The summed E-state index contributed by atoms with van der Waals surface area (Å²) >= 11 is 1.64. The zero-order chi connectivity index (χ0) is 19.2. The van der Waals surface area contributed by atoms with Gasteiger partial charge in [0.2, 0.25) is 5.91 Å². The van der Waals surface area contributed by atoms with E-state index < -0.39 is 0 Å². The van der Waals surface area contributed by atoms with Gasteiger partial charge in [0.25, 0.3) is 0 Å². The van der Waals surface area contributed by atoms with Crippen LogP contribution in [0.3, 0.4) is 0 Å². The van der Waals surface area contributed by atoms with Gasteiger partial charge in [-0.15, -0.1) is 11.3 Å². The Morgan fingerprint density at radius 2 is 2.07 bits per heavy atom. The van der Waals surface area contributed by atoms with E-state index in [9.17, 15) is 4.79 Å². The number of rotatable bonds is 5. The predicted octanol–water partition coefficient (Wildman–Crippen LogP) is 2.52. The number of benzene rings is 1. The molecule has 144 valence electrons.